The normalized spacial score (nSPS) is 9.75. The molecule has 0 N–H and O–H groups in total. The Kier molecular flexibility index (Phi) is 2.87. The summed E-state index contributed by atoms with van der Waals surface area (Å²) in [5, 5.41) is 12.7. The molecule has 0 fully saturated rings. The smallest absolute Gasteiger partial charge is 0.132 e. The lowest BCUT2D eigenvalue weighted by Gasteiger charge is -2.02. The third-order valence-corrected chi connectivity index (χ3v) is 1.78. The molecule has 0 aliphatic rings. The molecule has 0 atom stereocenters. The topological polar surface area (TPSA) is 41.6 Å². The first kappa shape index (κ1) is 8.79. The fourth-order valence-corrected chi connectivity index (χ4v) is 1.21. The summed E-state index contributed by atoms with van der Waals surface area (Å²) in [7, 11) is 0. The molecule has 3 heteroatoms. The molecule has 0 aliphatic carbocycles. The predicted octanol–water partition coefficient (Wildman–Crippen LogP) is 1.53. The van der Waals surface area contributed by atoms with E-state index in [1.165, 1.54) is 0 Å². The highest BCUT2D eigenvalue weighted by Crippen LogP contribution is 2.08. The van der Waals surface area contributed by atoms with Gasteiger partial charge in [0.25, 0.3) is 0 Å². The summed E-state index contributed by atoms with van der Waals surface area (Å²) in [6, 6.07) is 2.10. The SMILES string of the molecule is CCCc1c(C#N)[c]nn1CC. The quantitative estimate of drug-likeness (QED) is 0.676. The highest BCUT2D eigenvalue weighted by atomic mass is 15.3. The van der Waals surface area contributed by atoms with E-state index in [4.69, 9.17) is 5.26 Å². The van der Waals surface area contributed by atoms with Crippen LogP contribution in [0.4, 0.5) is 0 Å². The van der Waals surface area contributed by atoms with Gasteiger partial charge in [-0.2, -0.15) is 10.4 Å². The van der Waals surface area contributed by atoms with Crippen LogP contribution in [-0.2, 0) is 13.0 Å². The average molecular weight is 162 g/mol. The van der Waals surface area contributed by atoms with Crippen molar-refractivity contribution in [2.75, 3.05) is 0 Å². The first-order chi connectivity index (χ1) is 5.83. The van der Waals surface area contributed by atoms with Gasteiger partial charge in [0, 0.05) is 6.54 Å². The van der Waals surface area contributed by atoms with Crippen LogP contribution in [0.15, 0.2) is 0 Å². The van der Waals surface area contributed by atoms with Crippen molar-refractivity contribution in [2.45, 2.75) is 33.2 Å². The zero-order valence-corrected chi connectivity index (χ0v) is 7.46. The molecule has 12 heavy (non-hydrogen) atoms. The number of nitriles is 1. The summed E-state index contributed by atoms with van der Waals surface area (Å²) < 4.78 is 1.84. The monoisotopic (exact) mass is 162 g/mol. The molecule has 1 aromatic rings. The van der Waals surface area contributed by atoms with E-state index in [0.29, 0.717) is 5.56 Å². The van der Waals surface area contributed by atoms with Crippen LogP contribution in [-0.4, -0.2) is 9.78 Å². The first-order valence-electron chi connectivity index (χ1n) is 4.20. The lowest BCUT2D eigenvalue weighted by Crippen LogP contribution is -2.02. The Bertz CT molecular complexity index is 293. The van der Waals surface area contributed by atoms with Crippen molar-refractivity contribution in [1.82, 2.24) is 9.78 Å². The second-order valence-electron chi connectivity index (χ2n) is 2.61. The van der Waals surface area contributed by atoms with E-state index in [1.54, 1.807) is 0 Å². The van der Waals surface area contributed by atoms with Gasteiger partial charge in [-0.25, -0.2) is 0 Å². The van der Waals surface area contributed by atoms with E-state index < -0.39 is 0 Å². The minimum absolute atomic E-state index is 0.596. The maximum absolute atomic E-state index is 8.72. The molecule has 0 spiro atoms. The van der Waals surface area contributed by atoms with Crippen LogP contribution in [0.25, 0.3) is 0 Å². The van der Waals surface area contributed by atoms with E-state index in [9.17, 15) is 0 Å². The van der Waals surface area contributed by atoms with Gasteiger partial charge in [-0.15, -0.1) is 0 Å². The fourth-order valence-electron chi connectivity index (χ4n) is 1.21. The molecule has 0 amide bonds. The predicted molar refractivity (Wildman–Crippen MR) is 45.4 cm³/mol. The zero-order valence-electron chi connectivity index (χ0n) is 7.46. The number of nitrogens with zero attached hydrogens (tertiary/aromatic N) is 3. The minimum Gasteiger partial charge on any atom is -0.268 e. The largest absolute Gasteiger partial charge is 0.268 e. The zero-order chi connectivity index (χ0) is 8.97. The van der Waals surface area contributed by atoms with E-state index in [1.807, 2.05) is 11.6 Å². The number of hydrogen-bond donors (Lipinski definition) is 0. The van der Waals surface area contributed by atoms with Crippen LogP contribution < -0.4 is 0 Å². The van der Waals surface area contributed by atoms with Crippen molar-refractivity contribution in [3.05, 3.63) is 17.5 Å². The van der Waals surface area contributed by atoms with Gasteiger partial charge in [0.1, 0.15) is 17.8 Å². The highest BCUT2D eigenvalue weighted by Gasteiger charge is 2.07. The van der Waals surface area contributed by atoms with Gasteiger partial charge < -0.3 is 0 Å². The van der Waals surface area contributed by atoms with Crippen molar-refractivity contribution in [3.63, 3.8) is 0 Å². The van der Waals surface area contributed by atoms with Gasteiger partial charge in [-0.05, 0) is 13.3 Å². The van der Waals surface area contributed by atoms with Gasteiger partial charge in [-0.1, -0.05) is 13.3 Å². The van der Waals surface area contributed by atoms with Crippen LogP contribution in [0.1, 0.15) is 31.5 Å². The third kappa shape index (κ3) is 1.48. The van der Waals surface area contributed by atoms with Gasteiger partial charge in [0.05, 0.1) is 5.69 Å². The third-order valence-electron chi connectivity index (χ3n) is 1.78. The number of aromatic nitrogens is 2. The first-order valence-corrected chi connectivity index (χ1v) is 4.20. The van der Waals surface area contributed by atoms with Crippen LogP contribution in [0.3, 0.4) is 0 Å². The molecule has 0 unspecified atom stereocenters. The second-order valence-corrected chi connectivity index (χ2v) is 2.61. The average Bonchev–Trinajstić information content (AvgIpc) is 2.48. The maximum atomic E-state index is 8.72. The molecule has 0 saturated heterocycles. The Balaban J connectivity index is 3.01. The van der Waals surface area contributed by atoms with Crippen LogP contribution >= 0.6 is 0 Å². The molecule has 3 nitrogen and oxygen atoms in total. The van der Waals surface area contributed by atoms with Crippen molar-refractivity contribution >= 4 is 0 Å². The van der Waals surface area contributed by atoms with E-state index >= 15 is 0 Å². The van der Waals surface area contributed by atoms with E-state index in [0.717, 1.165) is 25.1 Å². The molecule has 1 rings (SSSR count). The summed E-state index contributed by atoms with van der Waals surface area (Å²) in [5.41, 5.74) is 1.61. The summed E-state index contributed by atoms with van der Waals surface area (Å²) in [6.45, 7) is 4.92. The Morgan fingerprint density at radius 1 is 1.58 bits per heavy atom. The fraction of sp³-hybridized carbons (Fsp3) is 0.556. The van der Waals surface area contributed by atoms with Gasteiger partial charge in [0.15, 0.2) is 0 Å². The Hall–Kier alpha value is -1.30. The Morgan fingerprint density at radius 3 is 2.83 bits per heavy atom. The van der Waals surface area contributed by atoms with Gasteiger partial charge in [-0.3, -0.25) is 4.68 Å². The highest BCUT2D eigenvalue weighted by molar-refractivity contribution is 5.30. The van der Waals surface area contributed by atoms with E-state index in [-0.39, 0.29) is 0 Å². The van der Waals surface area contributed by atoms with E-state index in [2.05, 4.69) is 24.3 Å². The van der Waals surface area contributed by atoms with Crippen molar-refractivity contribution in [1.29, 1.82) is 5.26 Å². The molecule has 0 aromatic carbocycles. The maximum Gasteiger partial charge on any atom is 0.132 e. The van der Waals surface area contributed by atoms with Crippen molar-refractivity contribution in [3.8, 4) is 6.07 Å². The van der Waals surface area contributed by atoms with Crippen LogP contribution in [0.5, 0.6) is 0 Å². The van der Waals surface area contributed by atoms with Gasteiger partial charge in [0.2, 0.25) is 0 Å². The van der Waals surface area contributed by atoms with Crippen LogP contribution in [0, 0.1) is 17.5 Å². The van der Waals surface area contributed by atoms with Crippen molar-refractivity contribution in [2.24, 2.45) is 0 Å². The number of hydrogen-bond acceptors (Lipinski definition) is 2. The summed E-state index contributed by atoms with van der Waals surface area (Å²) in [4.78, 5) is 0. The van der Waals surface area contributed by atoms with Gasteiger partial charge >= 0.3 is 0 Å². The van der Waals surface area contributed by atoms with Crippen LogP contribution in [0.2, 0.25) is 0 Å². The molecule has 1 aromatic heterocycles. The molecule has 0 saturated carbocycles. The summed E-state index contributed by atoms with van der Waals surface area (Å²) in [6.07, 6.45) is 4.66. The lowest BCUT2D eigenvalue weighted by atomic mass is 10.2. The Labute approximate surface area is 72.6 Å². The molecular formula is C9H12N3. The Morgan fingerprint density at radius 2 is 2.33 bits per heavy atom. The summed E-state index contributed by atoms with van der Waals surface area (Å²) >= 11 is 0. The molecule has 1 heterocycles. The lowest BCUT2D eigenvalue weighted by molar-refractivity contribution is 0.614. The molecule has 0 bridgehead atoms. The molecular weight excluding hydrogens is 150 g/mol. The second kappa shape index (κ2) is 3.91. The minimum atomic E-state index is 0.596. The number of rotatable bonds is 3. The van der Waals surface area contributed by atoms with Crippen molar-refractivity contribution < 1.29 is 0 Å². The summed E-state index contributed by atoms with van der Waals surface area (Å²) in [5.74, 6) is 0. The molecule has 0 aliphatic heterocycles. The molecule has 63 valence electrons. The molecule has 1 radical (unpaired) electrons. The number of aryl methyl sites for hydroxylation is 1. The standard InChI is InChI=1S/C9H12N3/c1-3-5-9-8(6-10)7-11-12(9)4-2/h3-5H2,1-2H3.